The molecule has 0 aromatic heterocycles. The van der Waals surface area contributed by atoms with E-state index in [2.05, 4.69) is 5.32 Å². The molecular formula is C10H10F2N2O4. The summed E-state index contributed by atoms with van der Waals surface area (Å²) in [5.41, 5.74) is 3.57. The van der Waals surface area contributed by atoms with Gasteiger partial charge >= 0.3 is 5.97 Å². The summed E-state index contributed by atoms with van der Waals surface area (Å²) < 4.78 is 26.6. The number of primary amides is 1. The second kappa shape index (κ2) is 5.41. The maximum atomic E-state index is 13.4. The minimum atomic E-state index is -1.60. The third kappa shape index (κ3) is 2.92. The van der Waals surface area contributed by atoms with Gasteiger partial charge < -0.3 is 21.3 Å². The zero-order valence-electron chi connectivity index (χ0n) is 8.98. The van der Waals surface area contributed by atoms with Crippen LogP contribution >= 0.6 is 0 Å². The summed E-state index contributed by atoms with van der Waals surface area (Å²) in [4.78, 5) is 21.0. The molecule has 98 valence electrons. The summed E-state index contributed by atoms with van der Waals surface area (Å²) in [6.07, 6.45) is -1.56. The normalized spacial score (nSPS) is 11.9. The number of carbonyl (C=O) groups is 2. The Hall–Kier alpha value is -2.22. The third-order valence-corrected chi connectivity index (χ3v) is 2.13. The van der Waals surface area contributed by atoms with Gasteiger partial charge in [0.15, 0.2) is 11.6 Å². The first kappa shape index (κ1) is 13.8. The first-order valence-electron chi connectivity index (χ1n) is 4.77. The molecule has 18 heavy (non-hydrogen) atoms. The Labute approximate surface area is 100 Å². The monoisotopic (exact) mass is 260 g/mol. The van der Waals surface area contributed by atoms with E-state index in [1.54, 1.807) is 0 Å². The van der Waals surface area contributed by atoms with E-state index < -0.39 is 41.7 Å². The minimum absolute atomic E-state index is 0.377. The van der Waals surface area contributed by atoms with E-state index in [9.17, 15) is 18.4 Å². The molecule has 5 N–H and O–H groups in total. The number of carboxylic acid groups (broad SMARTS) is 1. The average molecular weight is 260 g/mol. The van der Waals surface area contributed by atoms with Gasteiger partial charge in [-0.15, -0.1) is 0 Å². The Kier molecular flexibility index (Phi) is 4.16. The fraction of sp³-hybridized carbons (Fsp3) is 0.200. The van der Waals surface area contributed by atoms with Crippen molar-refractivity contribution in [1.29, 1.82) is 0 Å². The van der Waals surface area contributed by atoms with Crippen LogP contribution in [-0.4, -0.2) is 34.7 Å². The Morgan fingerprint density at radius 3 is 2.44 bits per heavy atom. The highest BCUT2D eigenvalue weighted by atomic mass is 19.2. The molecule has 1 aromatic carbocycles. The molecule has 1 rings (SSSR count). The number of hydrogen-bond donors (Lipinski definition) is 4. The van der Waals surface area contributed by atoms with Gasteiger partial charge in [0.25, 0.3) is 0 Å². The lowest BCUT2D eigenvalue weighted by Crippen LogP contribution is -2.34. The number of nitrogens with one attached hydrogen (secondary N) is 1. The van der Waals surface area contributed by atoms with E-state index in [1.807, 2.05) is 0 Å². The largest absolute Gasteiger partial charge is 0.478 e. The Bertz CT molecular complexity index is 493. The van der Waals surface area contributed by atoms with Crippen molar-refractivity contribution in [2.75, 3.05) is 11.9 Å². The van der Waals surface area contributed by atoms with Crippen molar-refractivity contribution < 1.29 is 28.6 Å². The van der Waals surface area contributed by atoms with Gasteiger partial charge in [-0.2, -0.15) is 0 Å². The van der Waals surface area contributed by atoms with Crippen LogP contribution < -0.4 is 11.1 Å². The number of benzene rings is 1. The molecule has 0 bridgehead atoms. The van der Waals surface area contributed by atoms with E-state index in [-0.39, 0.29) is 5.69 Å². The summed E-state index contributed by atoms with van der Waals surface area (Å²) in [6.45, 7) is -0.419. The second-order valence-corrected chi connectivity index (χ2v) is 3.39. The molecule has 1 atom stereocenters. The maximum absolute atomic E-state index is 13.4. The summed E-state index contributed by atoms with van der Waals surface area (Å²) >= 11 is 0. The van der Waals surface area contributed by atoms with Crippen molar-refractivity contribution in [2.45, 2.75) is 6.10 Å². The fourth-order valence-electron chi connectivity index (χ4n) is 1.16. The smallest absolute Gasteiger partial charge is 0.338 e. The molecule has 0 saturated carbocycles. The lowest BCUT2D eigenvalue weighted by molar-refractivity contribution is -0.125. The summed E-state index contributed by atoms with van der Waals surface area (Å²) in [7, 11) is 0. The van der Waals surface area contributed by atoms with Crippen LogP contribution in [0.2, 0.25) is 0 Å². The molecule has 0 aliphatic rings. The van der Waals surface area contributed by atoms with Crippen LogP contribution in [0.25, 0.3) is 0 Å². The molecule has 0 radical (unpaired) electrons. The third-order valence-electron chi connectivity index (χ3n) is 2.13. The van der Waals surface area contributed by atoms with E-state index in [1.165, 1.54) is 0 Å². The van der Waals surface area contributed by atoms with Crippen LogP contribution in [0.4, 0.5) is 14.5 Å². The molecule has 0 spiro atoms. The molecule has 8 heteroatoms. The van der Waals surface area contributed by atoms with Crippen molar-refractivity contribution in [1.82, 2.24) is 0 Å². The van der Waals surface area contributed by atoms with Gasteiger partial charge in [0.1, 0.15) is 6.10 Å². The SMILES string of the molecule is NC(=O)C(O)CNc1ccc(C(=O)O)c(F)c1F. The molecule has 6 nitrogen and oxygen atoms in total. The number of nitrogens with two attached hydrogens (primary N) is 1. The van der Waals surface area contributed by atoms with Crippen LogP contribution in [0, 0.1) is 11.6 Å². The van der Waals surface area contributed by atoms with Gasteiger partial charge in [0.2, 0.25) is 5.91 Å². The molecule has 1 aromatic rings. The van der Waals surface area contributed by atoms with Crippen LogP contribution in [0.3, 0.4) is 0 Å². The van der Waals surface area contributed by atoms with E-state index in [0.29, 0.717) is 0 Å². The molecule has 0 heterocycles. The van der Waals surface area contributed by atoms with Gasteiger partial charge in [-0.05, 0) is 12.1 Å². The zero-order chi connectivity index (χ0) is 13.9. The quantitative estimate of drug-likeness (QED) is 0.591. The van der Waals surface area contributed by atoms with Crippen LogP contribution in [0.15, 0.2) is 12.1 Å². The van der Waals surface area contributed by atoms with Crippen LogP contribution in [0.1, 0.15) is 10.4 Å². The number of hydrogen-bond acceptors (Lipinski definition) is 4. The van der Waals surface area contributed by atoms with Crippen molar-refractivity contribution in [3.05, 3.63) is 29.3 Å². The van der Waals surface area contributed by atoms with E-state index in [0.717, 1.165) is 12.1 Å². The maximum Gasteiger partial charge on any atom is 0.338 e. The number of anilines is 1. The first-order chi connectivity index (χ1) is 8.34. The molecule has 0 aliphatic heterocycles. The average Bonchev–Trinajstić information content (AvgIpc) is 2.30. The number of aliphatic hydroxyl groups is 1. The lowest BCUT2D eigenvalue weighted by Gasteiger charge is -2.11. The molecule has 0 fully saturated rings. The van der Waals surface area contributed by atoms with Crippen molar-refractivity contribution in [3.63, 3.8) is 0 Å². The number of carbonyl (C=O) groups excluding carboxylic acids is 1. The minimum Gasteiger partial charge on any atom is -0.478 e. The highest BCUT2D eigenvalue weighted by Gasteiger charge is 2.19. The first-order valence-corrected chi connectivity index (χ1v) is 4.77. The van der Waals surface area contributed by atoms with Crippen molar-refractivity contribution in [2.24, 2.45) is 5.73 Å². The molecule has 0 aliphatic carbocycles. The van der Waals surface area contributed by atoms with Crippen molar-refractivity contribution in [3.8, 4) is 0 Å². The van der Waals surface area contributed by atoms with E-state index in [4.69, 9.17) is 15.9 Å². The lowest BCUT2D eigenvalue weighted by atomic mass is 10.1. The number of aliphatic hydroxyl groups excluding tert-OH is 1. The van der Waals surface area contributed by atoms with Gasteiger partial charge in [-0.1, -0.05) is 0 Å². The van der Waals surface area contributed by atoms with Crippen molar-refractivity contribution >= 4 is 17.6 Å². The summed E-state index contributed by atoms with van der Waals surface area (Å²) in [5.74, 6) is -5.56. The Balaban J connectivity index is 2.89. The van der Waals surface area contributed by atoms with Crippen LogP contribution in [0.5, 0.6) is 0 Å². The molecule has 0 saturated heterocycles. The number of halogens is 2. The zero-order valence-corrected chi connectivity index (χ0v) is 8.98. The fourth-order valence-corrected chi connectivity index (χ4v) is 1.16. The van der Waals surface area contributed by atoms with Gasteiger partial charge in [0.05, 0.1) is 11.3 Å². The number of amides is 1. The Morgan fingerprint density at radius 1 is 1.33 bits per heavy atom. The number of carboxylic acids is 1. The van der Waals surface area contributed by atoms with E-state index >= 15 is 0 Å². The van der Waals surface area contributed by atoms with Gasteiger partial charge in [0, 0.05) is 6.54 Å². The standard InChI is InChI=1S/C10H10F2N2O4/c11-7-4(10(17)18)1-2-5(8(7)12)14-3-6(15)9(13)16/h1-2,6,14-15H,3H2,(H2,13,16)(H,17,18). The van der Waals surface area contributed by atoms with Gasteiger partial charge in [-0.3, -0.25) is 4.79 Å². The predicted octanol–water partition coefficient (Wildman–Crippen LogP) is -0.0789. The second-order valence-electron chi connectivity index (χ2n) is 3.39. The van der Waals surface area contributed by atoms with Gasteiger partial charge in [-0.25, -0.2) is 13.6 Å². The highest BCUT2D eigenvalue weighted by molar-refractivity contribution is 5.88. The predicted molar refractivity (Wildman–Crippen MR) is 57.0 cm³/mol. The molecular weight excluding hydrogens is 250 g/mol. The summed E-state index contributed by atoms with van der Waals surface area (Å²) in [5, 5.41) is 19.8. The summed E-state index contributed by atoms with van der Waals surface area (Å²) in [6, 6.07) is 1.84. The molecule has 1 amide bonds. The van der Waals surface area contributed by atoms with Crippen LogP contribution in [-0.2, 0) is 4.79 Å². The number of rotatable bonds is 5. The topological polar surface area (TPSA) is 113 Å². The number of aromatic carboxylic acids is 1. The highest BCUT2D eigenvalue weighted by Crippen LogP contribution is 2.20. The Morgan fingerprint density at radius 2 is 1.94 bits per heavy atom. The molecule has 1 unspecified atom stereocenters.